The summed E-state index contributed by atoms with van der Waals surface area (Å²) in [5.74, 6) is -0.780. The fraction of sp³-hybridized carbons (Fsp3) is 0.462. The number of rotatable bonds is 3. The van der Waals surface area contributed by atoms with Gasteiger partial charge in [0.15, 0.2) is 0 Å². The highest BCUT2D eigenvalue weighted by Gasteiger charge is 2.13. The lowest BCUT2D eigenvalue weighted by Gasteiger charge is -2.34. The second-order valence-electron chi connectivity index (χ2n) is 4.53. The molecular formula is C13H18N2O2. The molecule has 1 aromatic carbocycles. The van der Waals surface area contributed by atoms with E-state index in [-0.39, 0.29) is 6.42 Å². The van der Waals surface area contributed by atoms with Crippen molar-refractivity contribution < 1.29 is 9.90 Å². The molecule has 2 rings (SSSR count). The molecule has 0 unspecified atom stereocenters. The fourth-order valence-corrected chi connectivity index (χ4v) is 2.06. The quantitative estimate of drug-likeness (QED) is 0.849. The van der Waals surface area contributed by atoms with Gasteiger partial charge >= 0.3 is 5.97 Å². The summed E-state index contributed by atoms with van der Waals surface area (Å²) in [4.78, 5) is 15.2. The summed E-state index contributed by atoms with van der Waals surface area (Å²) in [5, 5.41) is 8.70. The molecule has 1 aromatic rings. The lowest BCUT2D eigenvalue weighted by Crippen LogP contribution is -2.44. The van der Waals surface area contributed by atoms with Crippen LogP contribution in [0.15, 0.2) is 24.3 Å². The Balaban J connectivity index is 2.00. The van der Waals surface area contributed by atoms with Gasteiger partial charge in [-0.2, -0.15) is 0 Å². The van der Waals surface area contributed by atoms with Gasteiger partial charge in [0.1, 0.15) is 0 Å². The van der Waals surface area contributed by atoms with Gasteiger partial charge in [-0.3, -0.25) is 4.79 Å². The molecule has 0 amide bonds. The molecule has 1 aliphatic rings. The average Bonchev–Trinajstić information content (AvgIpc) is 2.30. The molecule has 1 fully saturated rings. The molecule has 0 aromatic heterocycles. The number of carbonyl (C=O) groups is 1. The predicted molar refractivity (Wildman–Crippen MR) is 67.5 cm³/mol. The summed E-state index contributed by atoms with van der Waals surface area (Å²) in [5.41, 5.74) is 2.04. The lowest BCUT2D eigenvalue weighted by atomic mass is 10.1. The first-order valence-corrected chi connectivity index (χ1v) is 5.89. The zero-order chi connectivity index (χ0) is 12.3. The summed E-state index contributed by atoms with van der Waals surface area (Å²) in [6, 6.07) is 7.84. The monoisotopic (exact) mass is 234 g/mol. The van der Waals surface area contributed by atoms with Crippen molar-refractivity contribution in [2.45, 2.75) is 6.42 Å². The van der Waals surface area contributed by atoms with Gasteiger partial charge in [0.05, 0.1) is 6.42 Å². The number of likely N-dealkylation sites (N-methyl/N-ethyl adjacent to an activating group) is 1. The van der Waals surface area contributed by atoms with Crippen LogP contribution in [0, 0.1) is 0 Å². The number of carboxylic acids is 1. The van der Waals surface area contributed by atoms with Crippen molar-refractivity contribution >= 4 is 11.7 Å². The standard InChI is InChI=1S/C13H18N2O2/c1-14-6-8-15(9-7-14)12-4-2-11(3-5-12)10-13(16)17/h2-5H,6-10H2,1H3,(H,16,17). The first-order chi connectivity index (χ1) is 8.15. The van der Waals surface area contributed by atoms with Crippen molar-refractivity contribution in [2.75, 3.05) is 38.1 Å². The maximum absolute atomic E-state index is 10.6. The summed E-state index contributed by atoms with van der Waals surface area (Å²) < 4.78 is 0. The van der Waals surface area contributed by atoms with Crippen molar-refractivity contribution in [3.63, 3.8) is 0 Å². The molecule has 1 heterocycles. The van der Waals surface area contributed by atoms with E-state index in [1.54, 1.807) is 0 Å². The summed E-state index contributed by atoms with van der Waals surface area (Å²) in [6.45, 7) is 4.23. The topological polar surface area (TPSA) is 43.8 Å². The molecule has 4 heteroatoms. The molecule has 1 N–H and O–H groups in total. The van der Waals surface area contributed by atoms with Crippen LogP contribution in [0.2, 0.25) is 0 Å². The van der Waals surface area contributed by atoms with Crippen LogP contribution in [0.5, 0.6) is 0 Å². The molecule has 17 heavy (non-hydrogen) atoms. The Labute approximate surface area is 101 Å². The third-order valence-electron chi connectivity index (χ3n) is 3.16. The Bertz CT molecular complexity index is 381. The molecule has 0 atom stereocenters. The Morgan fingerprint density at radius 1 is 1.18 bits per heavy atom. The van der Waals surface area contributed by atoms with Gasteiger partial charge in [-0.1, -0.05) is 12.1 Å². The Morgan fingerprint density at radius 2 is 1.76 bits per heavy atom. The molecule has 0 saturated carbocycles. The number of hydrogen-bond donors (Lipinski definition) is 1. The number of carboxylic acid groups (broad SMARTS) is 1. The van der Waals surface area contributed by atoms with E-state index >= 15 is 0 Å². The fourth-order valence-electron chi connectivity index (χ4n) is 2.06. The maximum Gasteiger partial charge on any atom is 0.307 e. The number of nitrogens with zero attached hydrogens (tertiary/aromatic N) is 2. The first-order valence-electron chi connectivity index (χ1n) is 5.89. The normalized spacial score (nSPS) is 17.1. The van der Waals surface area contributed by atoms with Crippen LogP contribution in [-0.4, -0.2) is 49.2 Å². The third kappa shape index (κ3) is 3.20. The minimum atomic E-state index is -0.780. The van der Waals surface area contributed by atoms with Crippen LogP contribution in [0.4, 0.5) is 5.69 Å². The van der Waals surface area contributed by atoms with Crippen LogP contribution in [-0.2, 0) is 11.2 Å². The van der Waals surface area contributed by atoms with Crippen molar-refractivity contribution in [1.82, 2.24) is 4.90 Å². The average molecular weight is 234 g/mol. The van der Waals surface area contributed by atoms with Gasteiger partial charge in [0, 0.05) is 31.9 Å². The summed E-state index contributed by atoms with van der Waals surface area (Å²) >= 11 is 0. The Hall–Kier alpha value is -1.55. The third-order valence-corrected chi connectivity index (χ3v) is 3.16. The maximum atomic E-state index is 10.6. The van der Waals surface area contributed by atoms with E-state index in [0.717, 1.165) is 31.7 Å². The van der Waals surface area contributed by atoms with E-state index in [1.807, 2.05) is 24.3 Å². The second kappa shape index (κ2) is 5.19. The molecule has 0 radical (unpaired) electrons. The van der Waals surface area contributed by atoms with E-state index < -0.39 is 5.97 Å². The zero-order valence-corrected chi connectivity index (χ0v) is 10.1. The largest absolute Gasteiger partial charge is 0.481 e. The lowest BCUT2D eigenvalue weighted by molar-refractivity contribution is -0.136. The van der Waals surface area contributed by atoms with Gasteiger partial charge in [0.2, 0.25) is 0 Å². The van der Waals surface area contributed by atoms with E-state index in [4.69, 9.17) is 5.11 Å². The highest BCUT2D eigenvalue weighted by atomic mass is 16.4. The number of benzene rings is 1. The van der Waals surface area contributed by atoms with Crippen molar-refractivity contribution in [3.8, 4) is 0 Å². The van der Waals surface area contributed by atoms with Crippen molar-refractivity contribution in [1.29, 1.82) is 0 Å². The first kappa shape index (κ1) is 11.9. The molecule has 4 nitrogen and oxygen atoms in total. The SMILES string of the molecule is CN1CCN(c2ccc(CC(=O)O)cc2)CC1. The van der Waals surface area contributed by atoms with Crippen LogP contribution in [0.25, 0.3) is 0 Å². The molecule has 92 valence electrons. The van der Waals surface area contributed by atoms with E-state index in [1.165, 1.54) is 5.69 Å². The summed E-state index contributed by atoms with van der Waals surface area (Å²) in [7, 11) is 2.13. The predicted octanol–water partition coefficient (Wildman–Crippen LogP) is 1.07. The zero-order valence-electron chi connectivity index (χ0n) is 10.1. The minimum Gasteiger partial charge on any atom is -0.481 e. The van der Waals surface area contributed by atoms with Crippen LogP contribution >= 0.6 is 0 Å². The van der Waals surface area contributed by atoms with E-state index in [9.17, 15) is 4.79 Å². The van der Waals surface area contributed by atoms with Crippen molar-refractivity contribution in [3.05, 3.63) is 29.8 Å². The van der Waals surface area contributed by atoms with Gasteiger partial charge in [-0.05, 0) is 24.7 Å². The second-order valence-corrected chi connectivity index (χ2v) is 4.53. The minimum absolute atomic E-state index is 0.100. The molecule has 0 spiro atoms. The van der Waals surface area contributed by atoms with Gasteiger partial charge in [-0.15, -0.1) is 0 Å². The molecule has 1 aliphatic heterocycles. The number of piperazine rings is 1. The Kier molecular flexibility index (Phi) is 3.64. The van der Waals surface area contributed by atoms with Crippen molar-refractivity contribution in [2.24, 2.45) is 0 Å². The molecule has 1 saturated heterocycles. The van der Waals surface area contributed by atoms with E-state index in [0.29, 0.717) is 0 Å². The molecule has 0 aliphatic carbocycles. The van der Waals surface area contributed by atoms with Gasteiger partial charge in [0.25, 0.3) is 0 Å². The van der Waals surface area contributed by atoms with E-state index in [2.05, 4.69) is 16.8 Å². The Morgan fingerprint density at radius 3 is 2.29 bits per heavy atom. The van der Waals surface area contributed by atoms with Crippen LogP contribution in [0.3, 0.4) is 0 Å². The van der Waals surface area contributed by atoms with Crippen LogP contribution < -0.4 is 4.90 Å². The number of aliphatic carboxylic acids is 1. The number of anilines is 1. The molecule has 0 bridgehead atoms. The highest BCUT2D eigenvalue weighted by Crippen LogP contribution is 2.17. The molecular weight excluding hydrogens is 216 g/mol. The highest BCUT2D eigenvalue weighted by molar-refractivity contribution is 5.70. The number of hydrogen-bond acceptors (Lipinski definition) is 3. The van der Waals surface area contributed by atoms with Gasteiger partial charge in [-0.25, -0.2) is 0 Å². The summed E-state index contributed by atoms with van der Waals surface area (Å²) in [6.07, 6.45) is 0.100. The smallest absolute Gasteiger partial charge is 0.307 e. The van der Waals surface area contributed by atoms with Gasteiger partial charge < -0.3 is 14.9 Å². The van der Waals surface area contributed by atoms with Crippen LogP contribution in [0.1, 0.15) is 5.56 Å².